The molecule has 1 atom stereocenters. The maximum absolute atomic E-state index is 12.0. The Balaban J connectivity index is 2.00. The molecule has 126 valence electrons. The molecule has 1 fully saturated rings. The largest absolute Gasteiger partial charge is 0.488 e. The molecule has 0 aliphatic carbocycles. The number of carbonyl (C=O) groups is 1. The fourth-order valence-electron chi connectivity index (χ4n) is 2.42. The molecule has 23 heavy (non-hydrogen) atoms. The van der Waals surface area contributed by atoms with Gasteiger partial charge in [-0.05, 0) is 33.8 Å². The molecule has 0 bridgehead atoms. The maximum atomic E-state index is 12.0. The highest BCUT2D eigenvalue weighted by Crippen LogP contribution is 2.29. The van der Waals surface area contributed by atoms with Crippen molar-refractivity contribution in [1.29, 1.82) is 0 Å². The highest BCUT2D eigenvalue weighted by molar-refractivity contribution is 5.68. The Bertz CT molecular complexity index is 609. The van der Waals surface area contributed by atoms with E-state index in [1.807, 2.05) is 20.8 Å². The molecular formula is C16H22N2O5. The number of hydrogen-bond donors (Lipinski definition) is 0. The zero-order valence-corrected chi connectivity index (χ0v) is 13.9. The average Bonchev–Trinajstić information content (AvgIpc) is 2.87. The van der Waals surface area contributed by atoms with E-state index in [0.29, 0.717) is 30.8 Å². The Labute approximate surface area is 135 Å². The second-order valence-corrected chi connectivity index (χ2v) is 6.61. The van der Waals surface area contributed by atoms with Crippen LogP contribution in [-0.4, -0.2) is 40.7 Å². The first-order chi connectivity index (χ1) is 10.7. The molecule has 1 aromatic carbocycles. The van der Waals surface area contributed by atoms with E-state index in [4.69, 9.17) is 9.47 Å². The van der Waals surface area contributed by atoms with E-state index in [0.717, 1.165) is 0 Å². The minimum atomic E-state index is -0.535. The van der Waals surface area contributed by atoms with E-state index in [2.05, 4.69) is 0 Å². The standard InChI is InChI=1S/C16H22N2O5/c1-11-13(18(20)21)6-5-7-14(11)22-12-8-9-17(10-12)15(19)23-16(2,3)4/h5-7,12H,8-10H2,1-4H3/t12-/m0/s1. The number of ether oxygens (including phenoxy) is 2. The fraction of sp³-hybridized carbons (Fsp3) is 0.562. The van der Waals surface area contributed by atoms with Gasteiger partial charge in [-0.2, -0.15) is 0 Å². The van der Waals surface area contributed by atoms with Crippen LogP contribution >= 0.6 is 0 Å². The lowest BCUT2D eigenvalue weighted by atomic mass is 10.2. The number of nitrogens with zero attached hydrogens (tertiary/aromatic N) is 2. The van der Waals surface area contributed by atoms with Crippen molar-refractivity contribution in [3.05, 3.63) is 33.9 Å². The molecule has 0 saturated carbocycles. The van der Waals surface area contributed by atoms with Crippen LogP contribution in [0.1, 0.15) is 32.8 Å². The number of benzene rings is 1. The number of likely N-dealkylation sites (tertiary alicyclic amines) is 1. The molecule has 2 rings (SSSR count). The SMILES string of the molecule is Cc1c(O[C@H]2CCN(C(=O)OC(C)(C)C)C2)cccc1[N+](=O)[O-]. The van der Waals surface area contributed by atoms with Gasteiger partial charge in [-0.1, -0.05) is 6.07 Å². The predicted molar refractivity (Wildman–Crippen MR) is 84.7 cm³/mol. The molecule has 7 nitrogen and oxygen atoms in total. The van der Waals surface area contributed by atoms with Crippen LogP contribution in [0.15, 0.2) is 18.2 Å². The Morgan fingerprint density at radius 3 is 2.70 bits per heavy atom. The second-order valence-electron chi connectivity index (χ2n) is 6.61. The van der Waals surface area contributed by atoms with Crippen molar-refractivity contribution in [3.63, 3.8) is 0 Å². The topological polar surface area (TPSA) is 81.9 Å². The maximum Gasteiger partial charge on any atom is 0.410 e. The predicted octanol–water partition coefficient (Wildman–Crippen LogP) is 3.29. The first-order valence-electron chi connectivity index (χ1n) is 7.56. The molecule has 1 heterocycles. The lowest BCUT2D eigenvalue weighted by molar-refractivity contribution is -0.385. The summed E-state index contributed by atoms with van der Waals surface area (Å²) in [6.07, 6.45) is 0.115. The third kappa shape index (κ3) is 4.34. The summed E-state index contributed by atoms with van der Waals surface area (Å²) in [4.78, 5) is 24.2. The molecule has 1 amide bonds. The highest BCUT2D eigenvalue weighted by atomic mass is 16.6. The first-order valence-corrected chi connectivity index (χ1v) is 7.56. The smallest absolute Gasteiger partial charge is 0.410 e. The van der Waals surface area contributed by atoms with E-state index in [1.54, 1.807) is 24.0 Å². The van der Waals surface area contributed by atoms with Crippen LogP contribution in [-0.2, 0) is 4.74 Å². The summed E-state index contributed by atoms with van der Waals surface area (Å²) in [5.74, 6) is 0.482. The molecular weight excluding hydrogens is 300 g/mol. The van der Waals surface area contributed by atoms with E-state index in [-0.39, 0.29) is 17.9 Å². The fourth-order valence-corrected chi connectivity index (χ4v) is 2.42. The monoisotopic (exact) mass is 322 g/mol. The van der Waals surface area contributed by atoms with Crippen molar-refractivity contribution in [2.45, 2.75) is 45.8 Å². The molecule has 1 aromatic rings. The van der Waals surface area contributed by atoms with Gasteiger partial charge in [-0.15, -0.1) is 0 Å². The van der Waals surface area contributed by atoms with Crippen molar-refractivity contribution >= 4 is 11.8 Å². The van der Waals surface area contributed by atoms with Crippen molar-refractivity contribution in [2.75, 3.05) is 13.1 Å². The van der Waals surface area contributed by atoms with E-state index in [1.165, 1.54) is 6.07 Å². The third-order valence-electron chi connectivity index (χ3n) is 3.54. The van der Waals surface area contributed by atoms with Gasteiger partial charge in [0.2, 0.25) is 0 Å². The van der Waals surface area contributed by atoms with Gasteiger partial charge in [0.15, 0.2) is 0 Å². The van der Waals surface area contributed by atoms with Gasteiger partial charge in [-0.3, -0.25) is 10.1 Å². The molecule has 0 radical (unpaired) electrons. The lowest BCUT2D eigenvalue weighted by Crippen LogP contribution is -2.36. The summed E-state index contributed by atoms with van der Waals surface area (Å²) in [5.41, 5.74) is -0.00940. The lowest BCUT2D eigenvalue weighted by Gasteiger charge is -2.24. The van der Waals surface area contributed by atoms with Crippen LogP contribution in [0.25, 0.3) is 0 Å². The Hall–Kier alpha value is -2.31. The van der Waals surface area contributed by atoms with E-state index in [9.17, 15) is 14.9 Å². The molecule has 0 unspecified atom stereocenters. The van der Waals surface area contributed by atoms with Crippen molar-refractivity contribution < 1.29 is 19.2 Å². The summed E-state index contributed by atoms with van der Waals surface area (Å²) in [7, 11) is 0. The Morgan fingerprint density at radius 2 is 2.09 bits per heavy atom. The number of amides is 1. The van der Waals surface area contributed by atoms with Gasteiger partial charge in [0.05, 0.1) is 17.0 Å². The van der Waals surface area contributed by atoms with Gasteiger partial charge in [0, 0.05) is 19.0 Å². The number of nitro benzene ring substituents is 1. The molecule has 1 aliphatic heterocycles. The van der Waals surface area contributed by atoms with Gasteiger partial charge >= 0.3 is 6.09 Å². The Kier molecular flexibility index (Phi) is 4.77. The average molecular weight is 322 g/mol. The van der Waals surface area contributed by atoms with Gasteiger partial charge in [-0.25, -0.2) is 4.79 Å². The highest BCUT2D eigenvalue weighted by Gasteiger charge is 2.31. The molecule has 1 saturated heterocycles. The minimum Gasteiger partial charge on any atom is -0.488 e. The third-order valence-corrected chi connectivity index (χ3v) is 3.54. The normalized spacial score (nSPS) is 17.9. The van der Waals surface area contributed by atoms with Crippen LogP contribution in [0, 0.1) is 17.0 Å². The first kappa shape index (κ1) is 17.1. The molecule has 0 N–H and O–H groups in total. The van der Waals surface area contributed by atoms with Crippen molar-refractivity contribution in [3.8, 4) is 5.75 Å². The molecule has 0 aromatic heterocycles. The second kappa shape index (κ2) is 6.44. The van der Waals surface area contributed by atoms with Crippen LogP contribution in [0.2, 0.25) is 0 Å². The summed E-state index contributed by atoms with van der Waals surface area (Å²) in [6, 6.07) is 4.75. The molecule has 0 spiro atoms. The number of rotatable bonds is 3. The minimum absolute atomic E-state index is 0.0319. The number of carbonyl (C=O) groups excluding carboxylic acids is 1. The zero-order valence-electron chi connectivity index (χ0n) is 13.9. The van der Waals surface area contributed by atoms with Gasteiger partial charge < -0.3 is 14.4 Å². The van der Waals surface area contributed by atoms with E-state index >= 15 is 0 Å². The summed E-state index contributed by atoms with van der Waals surface area (Å²) in [6.45, 7) is 8.09. The van der Waals surface area contributed by atoms with Crippen LogP contribution in [0.3, 0.4) is 0 Å². The van der Waals surface area contributed by atoms with Crippen molar-refractivity contribution in [1.82, 2.24) is 4.90 Å². The quantitative estimate of drug-likeness (QED) is 0.630. The Morgan fingerprint density at radius 1 is 1.39 bits per heavy atom. The van der Waals surface area contributed by atoms with Crippen LogP contribution in [0.4, 0.5) is 10.5 Å². The molecule has 7 heteroatoms. The van der Waals surface area contributed by atoms with Crippen LogP contribution in [0.5, 0.6) is 5.75 Å². The molecule has 1 aliphatic rings. The van der Waals surface area contributed by atoms with Gasteiger partial charge in [0.25, 0.3) is 5.69 Å². The van der Waals surface area contributed by atoms with Gasteiger partial charge in [0.1, 0.15) is 17.5 Å². The summed E-state index contributed by atoms with van der Waals surface area (Å²) < 4.78 is 11.2. The summed E-state index contributed by atoms with van der Waals surface area (Å²) >= 11 is 0. The summed E-state index contributed by atoms with van der Waals surface area (Å²) in [5, 5.41) is 11.0. The zero-order chi connectivity index (χ0) is 17.2. The van der Waals surface area contributed by atoms with E-state index < -0.39 is 10.5 Å². The van der Waals surface area contributed by atoms with Crippen molar-refractivity contribution in [2.24, 2.45) is 0 Å². The number of hydrogen-bond acceptors (Lipinski definition) is 5. The number of nitro groups is 1. The van der Waals surface area contributed by atoms with Crippen LogP contribution < -0.4 is 4.74 Å².